The lowest BCUT2D eigenvalue weighted by Gasteiger charge is -2.47. The Morgan fingerprint density at radius 2 is 0.944 bits per heavy atom. The van der Waals surface area contributed by atoms with Crippen molar-refractivity contribution in [3.8, 4) is 0 Å². The van der Waals surface area contributed by atoms with E-state index >= 15 is 0 Å². The van der Waals surface area contributed by atoms with Gasteiger partial charge in [0.05, 0.1) is 0 Å². The van der Waals surface area contributed by atoms with Gasteiger partial charge in [0.15, 0.2) is 0 Å². The Morgan fingerprint density at radius 3 is 1.22 bits per heavy atom. The molecule has 0 aromatic rings. The number of hydrogen-bond acceptors (Lipinski definition) is 8. The molecular weight excluding hydrogens is 456 g/mol. The van der Waals surface area contributed by atoms with Gasteiger partial charge in [-0.1, -0.05) is 0 Å². The van der Waals surface area contributed by atoms with Crippen LogP contribution in [0, 0.1) is 0 Å². The summed E-state index contributed by atoms with van der Waals surface area (Å²) >= 11 is 0. The third kappa shape index (κ3) is 10.9. The van der Waals surface area contributed by atoms with E-state index in [4.69, 9.17) is 9.47 Å². The summed E-state index contributed by atoms with van der Waals surface area (Å²) in [5, 5.41) is 14.2. The Morgan fingerprint density at radius 1 is 0.667 bits per heavy atom. The average molecular weight is 507 g/mol. The van der Waals surface area contributed by atoms with Crippen molar-refractivity contribution in [1.29, 1.82) is 0 Å². The minimum absolute atomic E-state index is 0.0127. The first kappa shape index (κ1) is 30.2. The highest BCUT2D eigenvalue weighted by Gasteiger charge is 2.38. The van der Waals surface area contributed by atoms with E-state index in [1.54, 1.807) is 0 Å². The van der Waals surface area contributed by atoms with E-state index in [1.165, 1.54) is 12.2 Å². The minimum atomic E-state index is -0.451. The normalized spacial score (nSPS) is 24.1. The molecule has 0 aliphatic carbocycles. The molecule has 36 heavy (non-hydrogen) atoms. The second-order valence-electron chi connectivity index (χ2n) is 13.3. The molecule has 0 spiro atoms. The minimum Gasteiger partial charge on any atom is -0.459 e. The molecule has 2 fully saturated rings. The van der Waals surface area contributed by atoms with Gasteiger partial charge in [-0.25, -0.2) is 9.59 Å². The van der Waals surface area contributed by atoms with Crippen LogP contribution >= 0.6 is 0 Å². The van der Waals surface area contributed by atoms with Crippen LogP contribution in [-0.4, -0.2) is 59.4 Å². The number of carbonyl (C=O) groups excluding carboxylic acids is 2. The van der Waals surface area contributed by atoms with Crippen molar-refractivity contribution in [1.82, 2.24) is 21.3 Å². The summed E-state index contributed by atoms with van der Waals surface area (Å²) in [6.07, 6.45) is 6.76. The Bertz CT molecular complexity index is 756. The molecule has 8 nitrogen and oxygen atoms in total. The average Bonchev–Trinajstić information content (AvgIpc) is 2.59. The Labute approximate surface area is 218 Å². The predicted molar refractivity (Wildman–Crippen MR) is 144 cm³/mol. The summed E-state index contributed by atoms with van der Waals surface area (Å²) in [7, 11) is 0. The molecule has 8 heteroatoms. The Kier molecular flexibility index (Phi) is 9.68. The van der Waals surface area contributed by atoms with Crippen molar-refractivity contribution in [2.75, 3.05) is 13.2 Å². The Balaban J connectivity index is 1.72. The van der Waals surface area contributed by atoms with Crippen LogP contribution in [0.2, 0.25) is 0 Å². The number of hydrogen-bond donors (Lipinski definition) is 4. The molecule has 4 N–H and O–H groups in total. The molecule has 0 aromatic heterocycles. The first-order valence-corrected chi connectivity index (χ1v) is 13.2. The maximum Gasteiger partial charge on any atom is 0.332 e. The number of nitrogens with one attached hydrogen (secondary N) is 4. The number of esters is 2. The van der Waals surface area contributed by atoms with E-state index in [0.29, 0.717) is 0 Å². The van der Waals surface area contributed by atoms with Gasteiger partial charge in [-0.05, 0) is 94.9 Å². The van der Waals surface area contributed by atoms with Crippen LogP contribution in [-0.2, 0) is 19.1 Å². The van der Waals surface area contributed by atoms with Crippen molar-refractivity contribution in [2.45, 2.75) is 129 Å². The van der Waals surface area contributed by atoms with Crippen LogP contribution < -0.4 is 21.3 Å². The van der Waals surface area contributed by atoms with Crippen LogP contribution in [0.15, 0.2) is 23.5 Å². The van der Waals surface area contributed by atoms with Crippen LogP contribution in [0.3, 0.4) is 0 Å². The summed E-state index contributed by atoms with van der Waals surface area (Å²) in [6.45, 7) is 21.3. The zero-order chi connectivity index (χ0) is 27.4. The molecule has 0 radical (unpaired) electrons. The number of carbonyl (C=O) groups is 2. The van der Waals surface area contributed by atoms with Crippen molar-refractivity contribution in [3.63, 3.8) is 0 Å². The third-order valence-electron chi connectivity index (χ3n) is 6.48. The van der Waals surface area contributed by atoms with Gasteiger partial charge >= 0.3 is 11.9 Å². The van der Waals surface area contributed by atoms with E-state index in [0.717, 1.165) is 37.1 Å². The summed E-state index contributed by atoms with van der Waals surface area (Å²) in [5.74, 6) is -0.902. The van der Waals surface area contributed by atoms with Crippen LogP contribution in [0.4, 0.5) is 0 Å². The second-order valence-corrected chi connectivity index (χ2v) is 13.3. The SMILES string of the molecule is C/C(=C\C(=O)OCCOC(=O)/C=C(\C)NC1CC(C)(C)NC(C)(C)C1)NC1CC(C)(C)NC(C)(C)C1. The van der Waals surface area contributed by atoms with Crippen LogP contribution in [0.5, 0.6) is 0 Å². The summed E-state index contributed by atoms with van der Waals surface area (Å²) in [5.41, 5.74) is 1.62. The van der Waals surface area contributed by atoms with Crippen LogP contribution in [0.25, 0.3) is 0 Å². The molecule has 0 atom stereocenters. The monoisotopic (exact) mass is 506 g/mol. The maximum atomic E-state index is 12.2. The molecule has 2 rings (SSSR count). The fourth-order valence-electron chi connectivity index (χ4n) is 6.30. The van der Waals surface area contributed by atoms with E-state index < -0.39 is 11.9 Å². The molecule has 2 aliphatic heterocycles. The maximum absolute atomic E-state index is 12.2. The van der Waals surface area contributed by atoms with Crippen molar-refractivity contribution in [3.05, 3.63) is 23.5 Å². The van der Waals surface area contributed by atoms with E-state index in [9.17, 15) is 9.59 Å². The lowest BCUT2D eigenvalue weighted by Crippen LogP contribution is -2.61. The van der Waals surface area contributed by atoms with Gasteiger partial charge < -0.3 is 30.7 Å². The molecule has 2 aliphatic rings. The number of rotatable bonds is 9. The highest BCUT2D eigenvalue weighted by atomic mass is 16.6. The van der Waals surface area contributed by atoms with Crippen molar-refractivity contribution in [2.24, 2.45) is 0 Å². The smallest absolute Gasteiger partial charge is 0.332 e. The number of ether oxygens (including phenoxy) is 2. The topological polar surface area (TPSA) is 101 Å². The molecule has 0 saturated carbocycles. The summed E-state index contributed by atoms with van der Waals surface area (Å²) < 4.78 is 10.4. The molecular formula is C28H50N4O4. The lowest BCUT2D eigenvalue weighted by molar-refractivity contribution is -0.146. The van der Waals surface area contributed by atoms with Gasteiger partial charge in [-0.2, -0.15) is 0 Å². The summed E-state index contributed by atoms with van der Waals surface area (Å²) in [6, 6.07) is 0.541. The number of piperidine rings is 2. The highest BCUT2D eigenvalue weighted by molar-refractivity contribution is 5.83. The molecule has 206 valence electrons. The quantitative estimate of drug-likeness (QED) is 0.214. The molecule has 0 amide bonds. The van der Waals surface area contributed by atoms with Crippen molar-refractivity contribution >= 4 is 11.9 Å². The van der Waals surface area contributed by atoms with Gasteiger partial charge in [0.2, 0.25) is 0 Å². The van der Waals surface area contributed by atoms with Gasteiger partial charge in [-0.3, -0.25) is 0 Å². The van der Waals surface area contributed by atoms with Gasteiger partial charge in [0.1, 0.15) is 13.2 Å². The summed E-state index contributed by atoms with van der Waals surface area (Å²) in [4.78, 5) is 24.4. The molecule has 2 saturated heterocycles. The van der Waals surface area contributed by atoms with Gasteiger partial charge in [0.25, 0.3) is 0 Å². The lowest BCUT2D eigenvalue weighted by atomic mass is 9.79. The molecule has 0 unspecified atom stereocenters. The first-order chi connectivity index (χ1) is 16.4. The standard InChI is InChI=1S/C28H50N4O4/c1-19(29-21-15-25(3,4)31-26(5,6)16-21)13-23(33)35-11-12-36-24(34)14-20(2)30-22-17-27(7,8)32-28(9,10)18-22/h13-14,21-22,29-32H,11-12,15-18H2,1-10H3/b19-13+,20-14+. The zero-order valence-electron chi connectivity index (χ0n) is 24.2. The largest absolute Gasteiger partial charge is 0.459 e. The fourth-order valence-corrected chi connectivity index (χ4v) is 6.30. The van der Waals surface area contributed by atoms with Crippen LogP contribution in [0.1, 0.15) is 94.9 Å². The molecule has 0 aromatic carbocycles. The second kappa shape index (κ2) is 11.5. The van der Waals surface area contributed by atoms with Gasteiger partial charge in [-0.15, -0.1) is 0 Å². The first-order valence-electron chi connectivity index (χ1n) is 13.2. The predicted octanol–water partition coefficient (Wildman–Crippen LogP) is 3.68. The fraction of sp³-hybridized carbons (Fsp3) is 0.786. The van der Waals surface area contributed by atoms with E-state index in [2.05, 4.69) is 76.7 Å². The third-order valence-corrected chi connectivity index (χ3v) is 6.48. The van der Waals surface area contributed by atoms with Gasteiger partial charge in [0, 0.05) is 57.8 Å². The highest BCUT2D eigenvalue weighted by Crippen LogP contribution is 2.30. The molecule has 2 heterocycles. The number of allylic oxidation sites excluding steroid dienone is 2. The zero-order valence-corrected chi connectivity index (χ0v) is 24.2. The van der Waals surface area contributed by atoms with Crippen molar-refractivity contribution < 1.29 is 19.1 Å². The molecule has 0 bridgehead atoms. The van der Waals surface area contributed by atoms with E-state index in [-0.39, 0.29) is 47.5 Å². The Hall–Kier alpha value is -2.06. The van der Waals surface area contributed by atoms with E-state index in [1.807, 2.05) is 13.8 Å².